The summed E-state index contributed by atoms with van der Waals surface area (Å²) in [7, 11) is 0. The Kier molecular flexibility index (Phi) is 8.99. The highest BCUT2D eigenvalue weighted by molar-refractivity contribution is 5.72. The van der Waals surface area contributed by atoms with E-state index in [1.54, 1.807) is 0 Å². The van der Waals surface area contributed by atoms with Crippen molar-refractivity contribution in [3.05, 3.63) is 48.6 Å². The Morgan fingerprint density at radius 3 is 2.31 bits per heavy atom. The van der Waals surface area contributed by atoms with Gasteiger partial charge in [0.15, 0.2) is 0 Å². The van der Waals surface area contributed by atoms with Crippen LogP contribution in [-0.2, 0) is 16.0 Å². The van der Waals surface area contributed by atoms with Crippen molar-refractivity contribution in [3.8, 4) is 0 Å². The maximum Gasteiger partial charge on any atom is 0.310 e. The topological polar surface area (TPSA) is 26.3 Å². The third-order valence-electron chi connectivity index (χ3n) is 1.79. The summed E-state index contributed by atoms with van der Waals surface area (Å²) in [4.78, 5) is 11.0. The summed E-state index contributed by atoms with van der Waals surface area (Å²) in [5, 5.41) is 0. The van der Waals surface area contributed by atoms with Gasteiger partial charge in [-0.15, -0.1) is 6.58 Å². The lowest BCUT2D eigenvalue weighted by Crippen LogP contribution is -2.06. The first-order chi connectivity index (χ1) is 7.74. The SMILES string of the molecule is C=CCC.CCOC(=O)Cc1ccccc1. The van der Waals surface area contributed by atoms with E-state index in [1.807, 2.05) is 43.3 Å². The highest BCUT2D eigenvalue weighted by atomic mass is 16.5. The Balaban J connectivity index is 0.000000487. The molecule has 0 aliphatic heterocycles. The molecule has 0 heterocycles. The fourth-order valence-corrected chi connectivity index (χ4v) is 0.975. The molecule has 1 aromatic rings. The molecule has 0 N–H and O–H groups in total. The van der Waals surface area contributed by atoms with Crippen LogP contribution in [0, 0.1) is 0 Å². The van der Waals surface area contributed by atoms with E-state index in [1.165, 1.54) is 0 Å². The van der Waals surface area contributed by atoms with E-state index < -0.39 is 0 Å². The zero-order valence-electron chi connectivity index (χ0n) is 10.1. The molecule has 0 spiro atoms. The number of carbonyl (C=O) groups is 1. The molecule has 0 aliphatic rings. The van der Waals surface area contributed by atoms with Gasteiger partial charge in [-0.25, -0.2) is 0 Å². The molecule has 0 aliphatic carbocycles. The van der Waals surface area contributed by atoms with Gasteiger partial charge in [-0.05, 0) is 18.9 Å². The first-order valence-electron chi connectivity index (χ1n) is 5.55. The van der Waals surface area contributed by atoms with Crippen LogP contribution in [0.2, 0.25) is 0 Å². The molecule has 0 aromatic heterocycles. The predicted molar refractivity (Wildman–Crippen MR) is 67.3 cm³/mol. The fourth-order valence-electron chi connectivity index (χ4n) is 0.975. The lowest BCUT2D eigenvalue weighted by atomic mass is 10.2. The largest absolute Gasteiger partial charge is 0.466 e. The van der Waals surface area contributed by atoms with Crippen LogP contribution in [0.15, 0.2) is 43.0 Å². The third kappa shape index (κ3) is 7.80. The summed E-state index contributed by atoms with van der Waals surface area (Å²) < 4.78 is 4.81. The van der Waals surface area contributed by atoms with Gasteiger partial charge in [-0.2, -0.15) is 0 Å². The van der Waals surface area contributed by atoms with E-state index in [0.717, 1.165) is 12.0 Å². The van der Waals surface area contributed by atoms with Crippen molar-refractivity contribution in [2.75, 3.05) is 6.61 Å². The minimum atomic E-state index is -0.163. The van der Waals surface area contributed by atoms with Crippen molar-refractivity contribution in [1.29, 1.82) is 0 Å². The summed E-state index contributed by atoms with van der Waals surface area (Å²) in [6, 6.07) is 9.58. The van der Waals surface area contributed by atoms with Crippen LogP contribution in [-0.4, -0.2) is 12.6 Å². The van der Waals surface area contributed by atoms with Crippen molar-refractivity contribution < 1.29 is 9.53 Å². The van der Waals surface area contributed by atoms with Gasteiger partial charge < -0.3 is 4.74 Å². The quantitative estimate of drug-likeness (QED) is 0.574. The van der Waals surface area contributed by atoms with E-state index in [0.29, 0.717) is 13.0 Å². The average molecular weight is 220 g/mol. The van der Waals surface area contributed by atoms with Crippen molar-refractivity contribution in [1.82, 2.24) is 0 Å². The molecule has 0 radical (unpaired) electrons. The summed E-state index contributed by atoms with van der Waals surface area (Å²) in [5.41, 5.74) is 0.996. The Bertz CT molecular complexity index is 291. The van der Waals surface area contributed by atoms with Crippen LogP contribution in [0.3, 0.4) is 0 Å². The minimum absolute atomic E-state index is 0.163. The number of rotatable bonds is 4. The summed E-state index contributed by atoms with van der Waals surface area (Å²) in [6.07, 6.45) is 3.33. The lowest BCUT2D eigenvalue weighted by molar-refractivity contribution is -0.142. The molecule has 0 amide bonds. The van der Waals surface area contributed by atoms with Crippen molar-refractivity contribution in [2.45, 2.75) is 26.7 Å². The molecule has 16 heavy (non-hydrogen) atoms. The Labute approximate surface area is 97.9 Å². The number of hydrogen-bond acceptors (Lipinski definition) is 2. The first kappa shape index (κ1) is 14.4. The number of benzene rings is 1. The van der Waals surface area contributed by atoms with E-state index >= 15 is 0 Å². The maximum absolute atomic E-state index is 11.0. The van der Waals surface area contributed by atoms with Crippen LogP contribution in [0.25, 0.3) is 0 Å². The van der Waals surface area contributed by atoms with Gasteiger partial charge in [-0.1, -0.05) is 43.3 Å². The molecule has 1 aromatic carbocycles. The molecule has 0 unspecified atom stereocenters. The Hall–Kier alpha value is -1.57. The van der Waals surface area contributed by atoms with Gasteiger partial charge in [0.05, 0.1) is 13.0 Å². The standard InChI is InChI=1S/C10H12O2.C4H8/c1-2-12-10(11)8-9-6-4-3-5-7-9;1-3-4-2/h3-7H,2,8H2,1H3;3H,1,4H2,2H3. The highest BCUT2D eigenvalue weighted by Gasteiger charge is 2.01. The van der Waals surface area contributed by atoms with Crippen LogP contribution in [0.1, 0.15) is 25.8 Å². The van der Waals surface area contributed by atoms with E-state index in [4.69, 9.17) is 4.74 Å². The highest BCUT2D eigenvalue weighted by Crippen LogP contribution is 2.00. The number of allylic oxidation sites excluding steroid dienone is 1. The van der Waals surface area contributed by atoms with Gasteiger partial charge in [0.2, 0.25) is 0 Å². The molecule has 0 saturated carbocycles. The van der Waals surface area contributed by atoms with Gasteiger partial charge in [0.1, 0.15) is 0 Å². The Morgan fingerprint density at radius 1 is 1.31 bits per heavy atom. The summed E-state index contributed by atoms with van der Waals surface area (Å²) in [6.45, 7) is 7.80. The smallest absolute Gasteiger partial charge is 0.310 e. The number of hydrogen-bond donors (Lipinski definition) is 0. The van der Waals surface area contributed by atoms with Crippen LogP contribution >= 0.6 is 0 Å². The lowest BCUT2D eigenvalue weighted by Gasteiger charge is -2.00. The molecule has 2 heteroatoms. The van der Waals surface area contributed by atoms with Crippen molar-refractivity contribution >= 4 is 5.97 Å². The second-order valence-corrected chi connectivity index (χ2v) is 3.16. The van der Waals surface area contributed by atoms with Crippen LogP contribution < -0.4 is 0 Å². The molecule has 1 rings (SSSR count). The maximum atomic E-state index is 11.0. The van der Waals surface area contributed by atoms with E-state index in [2.05, 4.69) is 13.5 Å². The van der Waals surface area contributed by atoms with Crippen molar-refractivity contribution in [3.63, 3.8) is 0 Å². The van der Waals surface area contributed by atoms with Gasteiger partial charge in [0, 0.05) is 0 Å². The minimum Gasteiger partial charge on any atom is -0.466 e. The molecule has 2 nitrogen and oxygen atoms in total. The molecule has 0 bridgehead atoms. The molecular weight excluding hydrogens is 200 g/mol. The molecule has 88 valence electrons. The second-order valence-electron chi connectivity index (χ2n) is 3.16. The number of ether oxygens (including phenoxy) is 1. The average Bonchev–Trinajstić information content (AvgIpc) is 2.31. The van der Waals surface area contributed by atoms with Gasteiger partial charge in [0.25, 0.3) is 0 Å². The monoisotopic (exact) mass is 220 g/mol. The summed E-state index contributed by atoms with van der Waals surface area (Å²) in [5.74, 6) is -0.163. The first-order valence-corrected chi connectivity index (χ1v) is 5.55. The zero-order chi connectivity index (χ0) is 12.2. The van der Waals surface area contributed by atoms with Gasteiger partial charge in [-0.3, -0.25) is 4.79 Å². The van der Waals surface area contributed by atoms with Crippen molar-refractivity contribution in [2.24, 2.45) is 0 Å². The summed E-state index contributed by atoms with van der Waals surface area (Å²) >= 11 is 0. The number of carbonyl (C=O) groups excluding carboxylic acids is 1. The van der Waals surface area contributed by atoms with E-state index in [9.17, 15) is 4.79 Å². The molecule has 0 saturated heterocycles. The molecule has 0 fully saturated rings. The van der Waals surface area contributed by atoms with E-state index in [-0.39, 0.29) is 5.97 Å². The molecular formula is C14H20O2. The van der Waals surface area contributed by atoms with Gasteiger partial charge >= 0.3 is 5.97 Å². The number of esters is 1. The predicted octanol–water partition coefficient (Wildman–Crippen LogP) is 3.37. The van der Waals surface area contributed by atoms with Crippen LogP contribution in [0.5, 0.6) is 0 Å². The zero-order valence-corrected chi connectivity index (χ0v) is 10.1. The normalized spacial score (nSPS) is 8.62. The molecule has 0 atom stereocenters. The Morgan fingerprint density at radius 2 is 1.88 bits per heavy atom. The second kappa shape index (κ2) is 9.97. The fraction of sp³-hybridized carbons (Fsp3) is 0.357. The van der Waals surface area contributed by atoms with Crippen LogP contribution in [0.4, 0.5) is 0 Å². The third-order valence-corrected chi connectivity index (χ3v) is 1.79.